The molecule has 0 saturated heterocycles. The highest BCUT2D eigenvalue weighted by atomic mass is 16.5. The van der Waals surface area contributed by atoms with Gasteiger partial charge in [0.1, 0.15) is 6.54 Å². The zero-order chi connectivity index (χ0) is 9.68. The number of esters is 1. The molecule has 4 heteroatoms. The van der Waals surface area contributed by atoms with Crippen molar-refractivity contribution in [3.8, 4) is 0 Å². The molecule has 1 aliphatic rings. The summed E-state index contributed by atoms with van der Waals surface area (Å²) < 4.78 is 4.41. The van der Waals surface area contributed by atoms with Crippen LogP contribution in [-0.4, -0.2) is 25.5 Å². The summed E-state index contributed by atoms with van der Waals surface area (Å²) in [6.45, 7) is -0.00810. The second-order valence-electron chi connectivity index (χ2n) is 3.28. The SMILES string of the molecule is COC(=O)CNC(=O)C1CCCC1. The van der Waals surface area contributed by atoms with E-state index in [-0.39, 0.29) is 18.4 Å². The summed E-state index contributed by atoms with van der Waals surface area (Å²) in [7, 11) is 1.31. The third-order valence-electron chi connectivity index (χ3n) is 2.36. The predicted molar refractivity (Wildman–Crippen MR) is 47.0 cm³/mol. The lowest BCUT2D eigenvalue weighted by Gasteiger charge is -2.08. The molecule has 0 spiro atoms. The first-order valence-corrected chi connectivity index (χ1v) is 4.58. The third kappa shape index (κ3) is 3.05. The molecule has 0 radical (unpaired) electrons. The Morgan fingerprint density at radius 3 is 2.54 bits per heavy atom. The molecular weight excluding hydrogens is 170 g/mol. The Kier molecular flexibility index (Phi) is 3.73. The molecule has 1 aliphatic carbocycles. The van der Waals surface area contributed by atoms with Gasteiger partial charge in [-0.2, -0.15) is 0 Å². The smallest absolute Gasteiger partial charge is 0.325 e. The van der Waals surface area contributed by atoms with Gasteiger partial charge < -0.3 is 10.1 Å². The van der Waals surface area contributed by atoms with E-state index in [0.717, 1.165) is 25.7 Å². The summed E-state index contributed by atoms with van der Waals surface area (Å²) in [6, 6.07) is 0. The van der Waals surface area contributed by atoms with E-state index in [1.54, 1.807) is 0 Å². The lowest BCUT2D eigenvalue weighted by Crippen LogP contribution is -2.34. The molecule has 0 atom stereocenters. The highest BCUT2D eigenvalue weighted by molar-refractivity contribution is 5.83. The number of hydrogen-bond donors (Lipinski definition) is 1. The fraction of sp³-hybridized carbons (Fsp3) is 0.778. The number of carbonyl (C=O) groups is 2. The molecule has 0 aromatic rings. The largest absolute Gasteiger partial charge is 0.468 e. The minimum Gasteiger partial charge on any atom is -0.468 e. The molecule has 0 unspecified atom stereocenters. The monoisotopic (exact) mass is 185 g/mol. The van der Waals surface area contributed by atoms with Crippen LogP contribution in [0, 0.1) is 5.92 Å². The molecule has 4 nitrogen and oxygen atoms in total. The summed E-state index contributed by atoms with van der Waals surface area (Å²) >= 11 is 0. The van der Waals surface area contributed by atoms with E-state index in [0.29, 0.717) is 0 Å². The van der Waals surface area contributed by atoms with Crippen LogP contribution in [0.15, 0.2) is 0 Å². The van der Waals surface area contributed by atoms with Crippen molar-refractivity contribution >= 4 is 11.9 Å². The highest BCUT2D eigenvalue weighted by Gasteiger charge is 2.22. The maximum atomic E-state index is 11.3. The Bertz CT molecular complexity index is 197. The maximum absolute atomic E-state index is 11.3. The van der Waals surface area contributed by atoms with E-state index in [9.17, 15) is 9.59 Å². The quantitative estimate of drug-likeness (QED) is 0.650. The first-order valence-electron chi connectivity index (χ1n) is 4.58. The highest BCUT2D eigenvalue weighted by Crippen LogP contribution is 2.24. The summed E-state index contributed by atoms with van der Waals surface area (Å²) in [5.74, 6) is -0.293. The van der Waals surface area contributed by atoms with E-state index in [2.05, 4.69) is 10.1 Å². The van der Waals surface area contributed by atoms with Crippen molar-refractivity contribution in [3.05, 3.63) is 0 Å². The number of methoxy groups -OCH3 is 1. The fourth-order valence-electron chi connectivity index (χ4n) is 1.56. The van der Waals surface area contributed by atoms with Crippen LogP contribution in [0.1, 0.15) is 25.7 Å². The minimum atomic E-state index is -0.397. The van der Waals surface area contributed by atoms with Crippen molar-refractivity contribution in [2.24, 2.45) is 5.92 Å². The summed E-state index contributed by atoms with van der Waals surface area (Å²) in [6.07, 6.45) is 4.15. The molecule has 13 heavy (non-hydrogen) atoms. The molecule has 1 N–H and O–H groups in total. The van der Waals surface area contributed by atoms with Crippen LogP contribution >= 0.6 is 0 Å². The summed E-state index contributed by atoms with van der Waals surface area (Å²) in [5.41, 5.74) is 0. The summed E-state index contributed by atoms with van der Waals surface area (Å²) in [4.78, 5) is 22.0. The van der Waals surface area contributed by atoms with Gasteiger partial charge in [-0.1, -0.05) is 12.8 Å². The fourth-order valence-corrected chi connectivity index (χ4v) is 1.56. The van der Waals surface area contributed by atoms with Gasteiger partial charge in [-0.05, 0) is 12.8 Å². The number of carbonyl (C=O) groups excluding carboxylic acids is 2. The average molecular weight is 185 g/mol. The Morgan fingerprint density at radius 2 is 2.00 bits per heavy atom. The summed E-state index contributed by atoms with van der Waals surface area (Å²) in [5, 5.41) is 2.56. The molecule has 1 rings (SSSR count). The molecule has 1 fully saturated rings. The molecular formula is C9H15NO3. The standard InChI is InChI=1S/C9H15NO3/c1-13-8(11)6-10-9(12)7-4-2-3-5-7/h7H,2-6H2,1H3,(H,10,12). The lowest BCUT2D eigenvalue weighted by atomic mass is 10.1. The molecule has 0 heterocycles. The number of nitrogens with one attached hydrogen (secondary N) is 1. The number of amides is 1. The lowest BCUT2D eigenvalue weighted by molar-refractivity contribution is -0.141. The van der Waals surface area contributed by atoms with Crippen molar-refractivity contribution < 1.29 is 14.3 Å². The number of rotatable bonds is 3. The Balaban J connectivity index is 2.20. The second kappa shape index (κ2) is 4.84. The van der Waals surface area contributed by atoms with Gasteiger partial charge in [-0.3, -0.25) is 9.59 Å². The third-order valence-corrected chi connectivity index (χ3v) is 2.36. The van der Waals surface area contributed by atoms with E-state index in [1.807, 2.05) is 0 Å². The van der Waals surface area contributed by atoms with Gasteiger partial charge in [0.05, 0.1) is 7.11 Å². The van der Waals surface area contributed by atoms with E-state index >= 15 is 0 Å². The zero-order valence-corrected chi connectivity index (χ0v) is 7.84. The Hall–Kier alpha value is -1.06. The first kappa shape index (κ1) is 10.0. The average Bonchev–Trinajstić information content (AvgIpc) is 2.66. The van der Waals surface area contributed by atoms with E-state index in [1.165, 1.54) is 7.11 Å². The van der Waals surface area contributed by atoms with Gasteiger partial charge >= 0.3 is 5.97 Å². The number of ether oxygens (including phenoxy) is 1. The van der Waals surface area contributed by atoms with E-state index in [4.69, 9.17) is 0 Å². The first-order chi connectivity index (χ1) is 6.24. The topological polar surface area (TPSA) is 55.4 Å². The number of hydrogen-bond acceptors (Lipinski definition) is 3. The van der Waals surface area contributed by atoms with Gasteiger partial charge in [-0.15, -0.1) is 0 Å². The van der Waals surface area contributed by atoms with Crippen LogP contribution in [-0.2, 0) is 14.3 Å². The zero-order valence-electron chi connectivity index (χ0n) is 7.84. The predicted octanol–water partition coefficient (Wildman–Crippen LogP) is 0.466. The van der Waals surface area contributed by atoms with Gasteiger partial charge in [0.2, 0.25) is 5.91 Å². The Labute approximate surface area is 77.6 Å². The van der Waals surface area contributed by atoms with Crippen LogP contribution in [0.3, 0.4) is 0 Å². The second-order valence-corrected chi connectivity index (χ2v) is 3.28. The molecule has 0 aromatic carbocycles. The van der Waals surface area contributed by atoms with Crippen LogP contribution in [0.25, 0.3) is 0 Å². The van der Waals surface area contributed by atoms with Crippen molar-refractivity contribution in [2.45, 2.75) is 25.7 Å². The van der Waals surface area contributed by atoms with Crippen LogP contribution < -0.4 is 5.32 Å². The van der Waals surface area contributed by atoms with Gasteiger partial charge in [0, 0.05) is 5.92 Å². The van der Waals surface area contributed by atoms with Crippen LogP contribution in [0.2, 0.25) is 0 Å². The molecule has 74 valence electrons. The van der Waals surface area contributed by atoms with Crippen molar-refractivity contribution in [2.75, 3.05) is 13.7 Å². The molecule has 0 aliphatic heterocycles. The molecule has 0 bridgehead atoms. The van der Waals surface area contributed by atoms with Crippen molar-refractivity contribution in [1.82, 2.24) is 5.32 Å². The normalized spacial score (nSPS) is 17.0. The van der Waals surface area contributed by atoms with Gasteiger partial charge in [0.25, 0.3) is 0 Å². The Morgan fingerprint density at radius 1 is 1.38 bits per heavy atom. The maximum Gasteiger partial charge on any atom is 0.325 e. The van der Waals surface area contributed by atoms with Crippen LogP contribution in [0.5, 0.6) is 0 Å². The molecule has 1 saturated carbocycles. The van der Waals surface area contributed by atoms with E-state index < -0.39 is 5.97 Å². The van der Waals surface area contributed by atoms with Gasteiger partial charge in [0.15, 0.2) is 0 Å². The van der Waals surface area contributed by atoms with Crippen molar-refractivity contribution in [3.63, 3.8) is 0 Å². The molecule has 1 amide bonds. The molecule has 0 aromatic heterocycles. The van der Waals surface area contributed by atoms with Crippen molar-refractivity contribution in [1.29, 1.82) is 0 Å². The van der Waals surface area contributed by atoms with Gasteiger partial charge in [-0.25, -0.2) is 0 Å². The minimum absolute atomic E-state index is 0.00810. The van der Waals surface area contributed by atoms with Crippen LogP contribution in [0.4, 0.5) is 0 Å².